The Morgan fingerprint density at radius 2 is 1.94 bits per heavy atom. The molecule has 0 bridgehead atoms. The number of nitrogens with zero attached hydrogens (tertiary/aromatic N) is 1. The molecule has 0 spiro atoms. The second-order valence-corrected chi connectivity index (χ2v) is 4.89. The van der Waals surface area contributed by atoms with Crippen LogP contribution in [0.1, 0.15) is 29.8 Å². The zero-order valence-electron chi connectivity index (χ0n) is 10.9. The van der Waals surface area contributed by atoms with Gasteiger partial charge in [0.15, 0.2) is 0 Å². The third-order valence-electron chi connectivity index (χ3n) is 3.10. The minimum absolute atomic E-state index is 0.204. The number of halogens is 2. The molecule has 1 amide bonds. The number of hydrogen-bond donors (Lipinski definition) is 1. The van der Waals surface area contributed by atoms with Crippen LogP contribution < -0.4 is 0 Å². The van der Waals surface area contributed by atoms with Gasteiger partial charge in [0, 0.05) is 7.05 Å². The zero-order chi connectivity index (χ0) is 14.1. The molecule has 0 aliphatic carbocycles. The van der Waals surface area contributed by atoms with Crippen molar-refractivity contribution >= 4 is 5.91 Å². The Morgan fingerprint density at radius 3 is 2.44 bits per heavy atom. The molecule has 3 nitrogen and oxygen atoms in total. The summed E-state index contributed by atoms with van der Waals surface area (Å²) in [7, 11) is 1.40. The fourth-order valence-electron chi connectivity index (χ4n) is 1.40. The molecule has 18 heavy (non-hydrogen) atoms. The molecule has 0 aliphatic heterocycles. The number of hydrogen-bond acceptors (Lipinski definition) is 2. The van der Waals surface area contributed by atoms with Crippen LogP contribution >= 0.6 is 0 Å². The molecule has 0 heterocycles. The zero-order valence-corrected chi connectivity index (χ0v) is 10.9. The summed E-state index contributed by atoms with van der Waals surface area (Å²) in [5.74, 6) is -2.54. The lowest BCUT2D eigenvalue weighted by molar-refractivity contribution is 0.0464. The number of aryl methyl sites for hydroxylation is 1. The quantitative estimate of drug-likeness (QED) is 0.901. The van der Waals surface area contributed by atoms with Gasteiger partial charge in [-0.2, -0.15) is 0 Å². The van der Waals surface area contributed by atoms with Gasteiger partial charge in [-0.25, -0.2) is 8.78 Å². The summed E-state index contributed by atoms with van der Waals surface area (Å²) in [6.07, 6.45) is 0. The summed E-state index contributed by atoms with van der Waals surface area (Å²) in [4.78, 5) is 13.2. The highest BCUT2D eigenvalue weighted by molar-refractivity contribution is 5.95. The molecule has 0 radical (unpaired) electrons. The molecule has 0 fully saturated rings. The maximum Gasteiger partial charge on any atom is 0.260 e. The fourth-order valence-corrected chi connectivity index (χ4v) is 1.40. The van der Waals surface area contributed by atoms with Crippen LogP contribution in [0.25, 0.3) is 0 Å². The van der Waals surface area contributed by atoms with Gasteiger partial charge in [-0.1, -0.05) is 6.07 Å². The number of aliphatic hydroxyl groups is 1. The lowest BCUT2D eigenvalue weighted by Gasteiger charge is -2.34. The van der Waals surface area contributed by atoms with E-state index < -0.39 is 28.6 Å². The van der Waals surface area contributed by atoms with E-state index in [1.807, 2.05) is 0 Å². The van der Waals surface area contributed by atoms with Crippen LogP contribution in [0.4, 0.5) is 8.78 Å². The normalized spacial score (nSPS) is 11.5. The maximum absolute atomic E-state index is 13.8. The number of carbonyl (C=O) groups is 1. The topological polar surface area (TPSA) is 40.5 Å². The van der Waals surface area contributed by atoms with Crippen molar-refractivity contribution in [3.05, 3.63) is 34.9 Å². The average Bonchev–Trinajstić information content (AvgIpc) is 2.33. The first-order valence-corrected chi connectivity index (χ1v) is 5.56. The van der Waals surface area contributed by atoms with Gasteiger partial charge < -0.3 is 10.0 Å². The molecule has 1 aromatic rings. The van der Waals surface area contributed by atoms with Crippen molar-refractivity contribution in [3.8, 4) is 0 Å². The number of rotatable bonds is 3. The van der Waals surface area contributed by atoms with Crippen molar-refractivity contribution < 1.29 is 18.7 Å². The lowest BCUT2D eigenvalue weighted by atomic mass is 10.0. The molecule has 0 aliphatic rings. The molecule has 100 valence electrons. The highest BCUT2D eigenvalue weighted by Crippen LogP contribution is 2.21. The molecule has 0 aromatic heterocycles. The largest absolute Gasteiger partial charge is 0.394 e. The Kier molecular flexibility index (Phi) is 4.06. The maximum atomic E-state index is 13.8. The third-order valence-corrected chi connectivity index (χ3v) is 3.10. The van der Waals surface area contributed by atoms with E-state index in [9.17, 15) is 18.7 Å². The van der Waals surface area contributed by atoms with Gasteiger partial charge >= 0.3 is 0 Å². The van der Waals surface area contributed by atoms with Crippen molar-refractivity contribution in [1.82, 2.24) is 4.90 Å². The molecule has 1 N–H and O–H groups in total. The molecule has 0 saturated carbocycles. The molecule has 1 aromatic carbocycles. The SMILES string of the molecule is Cc1ccc(F)c(C(=O)N(C)C(C)(C)CO)c1F. The Balaban J connectivity index is 3.24. The molecule has 0 atom stereocenters. The van der Waals surface area contributed by atoms with Gasteiger partial charge in [-0.15, -0.1) is 0 Å². The van der Waals surface area contributed by atoms with Gasteiger partial charge in [0.2, 0.25) is 0 Å². The van der Waals surface area contributed by atoms with Crippen molar-refractivity contribution in [2.75, 3.05) is 13.7 Å². The molecule has 1 rings (SSSR count). The lowest BCUT2D eigenvalue weighted by Crippen LogP contribution is -2.48. The standard InChI is InChI=1S/C13H17F2NO2/c1-8-5-6-9(14)10(11(8)15)12(18)16(4)13(2,3)7-17/h5-6,17H,7H2,1-4H3. The van der Waals surface area contributed by atoms with Crippen LogP contribution in [0.2, 0.25) is 0 Å². The van der Waals surface area contributed by atoms with E-state index in [1.165, 1.54) is 20.0 Å². The van der Waals surface area contributed by atoms with Crippen LogP contribution in [0.3, 0.4) is 0 Å². The summed E-state index contributed by atoms with van der Waals surface area (Å²) in [5.41, 5.74) is -1.27. The highest BCUT2D eigenvalue weighted by Gasteiger charge is 2.31. The smallest absolute Gasteiger partial charge is 0.260 e. The second-order valence-electron chi connectivity index (χ2n) is 4.89. The summed E-state index contributed by atoms with van der Waals surface area (Å²) < 4.78 is 27.4. The minimum Gasteiger partial charge on any atom is -0.394 e. The van der Waals surface area contributed by atoms with Gasteiger partial charge in [-0.3, -0.25) is 4.79 Å². The predicted molar refractivity (Wildman–Crippen MR) is 64.4 cm³/mol. The van der Waals surface area contributed by atoms with E-state index >= 15 is 0 Å². The summed E-state index contributed by atoms with van der Waals surface area (Å²) in [5, 5.41) is 9.17. The first-order valence-electron chi connectivity index (χ1n) is 5.56. The first-order chi connectivity index (χ1) is 8.22. The second kappa shape index (κ2) is 5.02. The van der Waals surface area contributed by atoms with Crippen LogP contribution in [-0.2, 0) is 0 Å². The van der Waals surface area contributed by atoms with E-state index in [1.54, 1.807) is 13.8 Å². The Labute approximate surface area is 105 Å². The summed E-state index contributed by atoms with van der Waals surface area (Å²) in [6, 6.07) is 2.34. The number of carbonyl (C=O) groups excluding carboxylic acids is 1. The summed E-state index contributed by atoms with van der Waals surface area (Å²) in [6.45, 7) is 4.38. The monoisotopic (exact) mass is 257 g/mol. The molecule has 0 saturated heterocycles. The Bertz CT molecular complexity index is 472. The highest BCUT2D eigenvalue weighted by atomic mass is 19.1. The number of likely N-dealkylation sites (N-methyl/N-ethyl adjacent to an activating group) is 1. The number of benzene rings is 1. The van der Waals surface area contributed by atoms with E-state index in [-0.39, 0.29) is 12.2 Å². The molecular weight excluding hydrogens is 240 g/mol. The fraction of sp³-hybridized carbons (Fsp3) is 0.462. The molecule has 0 unspecified atom stereocenters. The van der Waals surface area contributed by atoms with Crippen LogP contribution in [-0.4, -0.2) is 35.1 Å². The van der Waals surface area contributed by atoms with Crippen LogP contribution in [0, 0.1) is 18.6 Å². The van der Waals surface area contributed by atoms with Gasteiger partial charge in [0.05, 0.1) is 12.1 Å². The van der Waals surface area contributed by atoms with E-state index in [0.717, 1.165) is 11.0 Å². The van der Waals surface area contributed by atoms with Crippen LogP contribution in [0.15, 0.2) is 12.1 Å². The van der Waals surface area contributed by atoms with Crippen molar-refractivity contribution in [3.63, 3.8) is 0 Å². The van der Waals surface area contributed by atoms with Gasteiger partial charge in [0.25, 0.3) is 5.91 Å². The van der Waals surface area contributed by atoms with E-state index in [4.69, 9.17) is 0 Å². The van der Waals surface area contributed by atoms with Gasteiger partial charge in [-0.05, 0) is 32.4 Å². The minimum atomic E-state index is -0.899. The molecule has 5 heteroatoms. The van der Waals surface area contributed by atoms with Crippen molar-refractivity contribution in [2.24, 2.45) is 0 Å². The summed E-state index contributed by atoms with van der Waals surface area (Å²) >= 11 is 0. The predicted octanol–water partition coefficient (Wildman–Crippen LogP) is 2.12. The third kappa shape index (κ3) is 2.51. The Morgan fingerprint density at radius 1 is 1.39 bits per heavy atom. The molecular formula is C13H17F2NO2. The van der Waals surface area contributed by atoms with Gasteiger partial charge in [0.1, 0.15) is 17.2 Å². The van der Waals surface area contributed by atoms with E-state index in [2.05, 4.69) is 0 Å². The average molecular weight is 257 g/mol. The number of aliphatic hydroxyl groups excluding tert-OH is 1. The Hall–Kier alpha value is -1.49. The number of amides is 1. The van der Waals surface area contributed by atoms with Crippen LogP contribution in [0.5, 0.6) is 0 Å². The first kappa shape index (κ1) is 14.6. The van der Waals surface area contributed by atoms with E-state index in [0.29, 0.717) is 0 Å². The van der Waals surface area contributed by atoms with Crippen molar-refractivity contribution in [2.45, 2.75) is 26.3 Å². The van der Waals surface area contributed by atoms with Crippen molar-refractivity contribution in [1.29, 1.82) is 0 Å².